The summed E-state index contributed by atoms with van der Waals surface area (Å²) in [6, 6.07) is 1.97. The Morgan fingerprint density at radius 1 is 1.33 bits per heavy atom. The Balaban J connectivity index is 2.12. The molecule has 3 aromatic heterocycles. The molecule has 0 spiro atoms. The van der Waals surface area contributed by atoms with Gasteiger partial charge < -0.3 is 8.98 Å². The van der Waals surface area contributed by atoms with Crippen LogP contribution in [0.5, 0.6) is 0 Å². The topological polar surface area (TPSA) is 48.8 Å². The zero-order valence-corrected chi connectivity index (χ0v) is 13.1. The fourth-order valence-electron chi connectivity index (χ4n) is 2.70. The maximum Gasteiger partial charge on any atom is 0.158 e. The molecule has 0 saturated carbocycles. The molecule has 0 fully saturated rings. The Morgan fingerprint density at radius 3 is 2.86 bits per heavy atom. The highest BCUT2D eigenvalue weighted by Gasteiger charge is 2.18. The molecule has 6 heteroatoms. The first-order valence-corrected chi connectivity index (χ1v) is 7.76. The van der Waals surface area contributed by atoms with Gasteiger partial charge in [-0.15, -0.1) is 11.6 Å². The molecule has 0 atom stereocenters. The monoisotopic (exact) mass is 306 g/mol. The number of hydrogen-bond acceptors (Lipinski definition) is 3. The van der Waals surface area contributed by atoms with Gasteiger partial charge in [-0.05, 0) is 12.5 Å². The van der Waals surface area contributed by atoms with Crippen LogP contribution in [0.3, 0.4) is 0 Å². The second kappa shape index (κ2) is 5.93. The van der Waals surface area contributed by atoms with Crippen molar-refractivity contribution < 1.29 is 4.42 Å². The quantitative estimate of drug-likeness (QED) is 0.657. The molecule has 0 aliphatic rings. The Labute approximate surface area is 128 Å². The van der Waals surface area contributed by atoms with E-state index in [1.165, 1.54) is 0 Å². The van der Waals surface area contributed by atoms with Gasteiger partial charge in [-0.25, -0.2) is 4.98 Å². The number of alkyl halides is 1. The van der Waals surface area contributed by atoms with Crippen molar-refractivity contribution in [3.63, 3.8) is 0 Å². The molecule has 112 valence electrons. The number of hydrogen-bond donors (Lipinski definition) is 0. The van der Waals surface area contributed by atoms with Gasteiger partial charge in [-0.1, -0.05) is 13.3 Å². The molecule has 3 rings (SSSR count). The zero-order valence-electron chi connectivity index (χ0n) is 12.3. The largest absolute Gasteiger partial charge is 0.472 e. The number of aryl methyl sites for hydroxylation is 3. The lowest BCUT2D eigenvalue weighted by Gasteiger charge is -2.07. The molecule has 3 heterocycles. The Bertz CT molecular complexity index is 727. The van der Waals surface area contributed by atoms with Gasteiger partial charge in [-0.3, -0.25) is 4.68 Å². The van der Waals surface area contributed by atoms with Crippen LogP contribution >= 0.6 is 11.6 Å². The first kappa shape index (κ1) is 14.2. The molecule has 0 aromatic carbocycles. The van der Waals surface area contributed by atoms with Crippen LogP contribution < -0.4 is 0 Å². The van der Waals surface area contributed by atoms with Crippen LogP contribution in [-0.2, 0) is 26.4 Å². The number of imidazole rings is 1. The van der Waals surface area contributed by atoms with Crippen LogP contribution in [0.1, 0.15) is 30.4 Å². The first-order valence-electron chi connectivity index (χ1n) is 7.22. The Kier molecular flexibility index (Phi) is 4.01. The van der Waals surface area contributed by atoms with Crippen LogP contribution in [0, 0.1) is 0 Å². The molecule has 0 bridgehead atoms. The maximum absolute atomic E-state index is 5.93. The Morgan fingerprint density at radius 2 is 2.19 bits per heavy atom. The summed E-state index contributed by atoms with van der Waals surface area (Å²) in [5.41, 5.74) is 4.24. The second-order valence-corrected chi connectivity index (χ2v) is 5.56. The summed E-state index contributed by atoms with van der Waals surface area (Å²) in [4.78, 5) is 4.79. The van der Waals surface area contributed by atoms with Gasteiger partial charge in [0, 0.05) is 24.9 Å². The average Bonchev–Trinajstić information content (AvgIpc) is 3.13. The van der Waals surface area contributed by atoms with Gasteiger partial charge >= 0.3 is 0 Å². The van der Waals surface area contributed by atoms with E-state index in [0.29, 0.717) is 5.88 Å². The third-order valence-electron chi connectivity index (χ3n) is 3.60. The summed E-state index contributed by atoms with van der Waals surface area (Å²) in [6.45, 7) is 2.88. The smallest absolute Gasteiger partial charge is 0.158 e. The summed E-state index contributed by atoms with van der Waals surface area (Å²) in [6.07, 6.45) is 6.21. The van der Waals surface area contributed by atoms with Crippen LogP contribution in [-0.4, -0.2) is 25.2 Å². The fourth-order valence-corrected chi connectivity index (χ4v) is 2.87. The van der Waals surface area contributed by atoms with E-state index in [1.807, 2.05) is 17.8 Å². The second-order valence-electron chi connectivity index (χ2n) is 5.18. The van der Waals surface area contributed by atoms with Crippen molar-refractivity contribution in [2.24, 2.45) is 7.05 Å². The highest BCUT2D eigenvalue weighted by atomic mass is 35.5. The molecule has 0 amide bonds. The van der Waals surface area contributed by atoms with Crippen LogP contribution in [0.25, 0.3) is 11.2 Å². The zero-order chi connectivity index (χ0) is 14.8. The molecule has 0 aliphatic carbocycles. The molecule has 0 aliphatic heterocycles. The minimum atomic E-state index is 0.561. The van der Waals surface area contributed by atoms with E-state index in [-0.39, 0.29) is 0 Å². The van der Waals surface area contributed by atoms with Crippen molar-refractivity contribution in [3.05, 3.63) is 35.7 Å². The lowest BCUT2D eigenvalue weighted by atomic mass is 10.2. The number of aromatic nitrogens is 4. The third kappa shape index (κ3) is 2.58. The SMILES string of the molecule is CCCc1nn(C)c2c1nc(CCCl)n2Cc1ccoc1. The molecular weight excluding hydrogens is 288 g/mol. The number of halogens is 1. The van der Waals surface area contributed by atoms with Crippen molar-refractivity contribution in [2.45, 2.75) is 32.7 Å². The van der Waals surface area contributed by atoms with Gasteiger partial charge in [0.2, 0.25) is 0 Å². The molecule has 5 nitrogen and oxygen atoms in total. The normalized spacial score (nSPS) is 11.6. The third-order valence-corrected chi connectivity index (χ3v) is 3.79. The van der Waals surface area contributed by atoms with Crippen molar-refractivity contribution in [3.8, 4) is 0 Å². The van der Waals surface area contributed by atoms with Gasteiger partial charge in [0.05, 0.1) is 24.8 Å². The molecule has 21 heavy (non-hydrogen) atoms. The van der Waals surface area contributed by atoms with E-state index in [4.69, 9.17) is 21.0 Å². The average molecular weight is 307 g/mol. The van der Waals surface area contributed by atoms with E-state index in [0.717, 1.165) is 54.1 Å². The van der Waals surface area contributed by atoms with Crippen molar-refractivity contribution in [2.75, 3.05) is 5.88 Å². The Hall–Kier alpha value is -1.75. The van der Waals surface area contributed by atoms with Crippen LogP contribution in [0.15, 0.2) is 23.0 Å². The van der Waals surface area contributed by atoms with E-state index in [9.17, 15) is 0 Å². The van der Waals surface area contributed by atoms with Gasteiger partial charge in [0.25, 0.3) is 0 Å². The highest BCUT2D eigenvalue weighted by Crippen LogP contribution is 2.22. The van der Waals surface area contributed by atoms with Crippen LogP contribution in [0.4, 0.5) is 0 Å². The molecule has 0 N–H and O–H groups in total. The van der Waals surface area contributed by atoms with Gasteiger partial charge in [0.1, 0.15) is 11.3 Å². The standard InChI is InChI=1S/C15H19ClN4O/c1-3-4-12-14-15(19(2)18-12)20(13(17-14)5-7-16)9-11-6-8-21-10-11/h6,8,10H,3-5,7,9H2,1-2H3. The molecule has 0 unspecified atom stereocenters. The molecule has 0 saturated heterocycles. The number of rotatable bonds is 6. The van der Waals surface area contributed by atoms with E-state index >= 15 is 0 Å². The summed E-state index contributed by atoms with van der Waals surface area (Å²) in [5, 5.41) is 4.61. The fraction of sp³-hybridized carbons (Fsp3) is 0.467. The highest BCUT2D eigenvalue weighted by molar-refractivity contribution is 6.17. The number of fused-ring (bicyclic) bond motifs is 1. The van der Waals surface area contributed by atoms with Gasteiger partial charge in [0.15, 0.2) is 5.65 Å². The summed E-state index contributed by atoms with van der Waals surface area (Å²) in [5.74, 6) is 1.57. The molecular formula is C15H19ClN4O. The number of nitrogens with zero attached hydrogens (tertiary/aromatic N) is 4. The van der Waals surface area contributed by atoms with E-state index in [1.54, 1.807) is 12.5 Å². The molecule has 0 radical (unpaired) electrons. The lowest BCUT2D eigenvalue weighted by molar-refractivity contribution is 0.561. The summed E-state index contributed by atoms with van der Waals surface area (Å²) < 4.78 is 9.28. The minimum absolute atomic E-state index is 0.561. The number of furan rings is 1. The van der Waals surface area contributed by atoms with Crippen molar-refractivity contribution in [1.82, 2.24) is 19.3 Å². The van der Waals surface area contributed by atoms with E-state index < -0.39 is 0 Å². The minimum Gasteiger partial charge on any atom is -0.472 e. The van der Waals surface area contributed by atoms with E-state index in [2.05, 4.69) is 16.6 Å². The van der Waals surface area contributed by atoms with Crippen molar-refractivity contribution >= 4 is 22.8 Å². The van der Waals surface area contributed by atoms with Gasteiger partial charge in [-0.2, -0.15) is 5.10 Å². The van der Waals surface area contributed by atoms with Crippen LogP contribution in [0.2, 0.25) is 0 Å². The maximum atomic E-state index is 5.93. The molecule has 3 aromatic rings. The predicted molar refractivity (Wildman–Crippen MR) is 82.7 cm³/mol. The summed E-state index contributed by atoms with van der Waals surface area (Å²) >= 11 is 5.93. The predicted octanol–water partition coefficient (Wildman–Crippen LogP) is 3.14. The lowest BCUT2D eigenvalue weighted by Crippen LogP contribution is -2.08. The van der Waals surface area contributed by atoms with Crippen molar-refractivity contribution in [1.29, 1.82) is 0 Å². The first-order chi connectivity index (χ1) is 10.2. The summed E-state index contributed by atoms with van der Waals surface area (Å²) in [7, 11) is 1.97.